The van der Waals surface area contributed by atoms with Crippen molar-refractivity contribution in [3.63, 3.8) is 0 Å². The molecule has 2 aromatic rings. The molecule has 0 aliphatic carbocycles. The topological polar surface area (TPSA) is 116 Å². The first kappa shape index (κ1) is 18.6. The molecule has 10 heteroatoms. The zero-order valence-electron chi connectivity index (χ0n) is 14.2. The average molecular weight is 366 g/mol. The number of ether oxygens (including phenoxy) is 2. The Morgan fingerprint density at radius 2 is 1.80 bits per heavy atom. The molecule has 0 fully saturated rings. The van der Waals surface area contributed by atoms with Crippen LogP contribution in [0.2, 0.25) is 0 Å². The Morgan fingerprint density at radius 3 is 2.36 bits per heavy atom. The Kier molecular flexibility index (Phi) is 6.23. The van der Waals surface area contributed by atoms with Gasteiger partial charge >= 0.3 is 6.03 Å². The van der Waals surface area contributed by atoms with E-state index in [1.807, 2.05) is 0 Å². The van der Waals surface area contributed by atoms with Crippen molar-refractivity contribution in [2.75, 3.05) is 21.3 Å². The van der Waals surface area contributed by atoms with Gasteiger partial charge in [-0.2, -0.15) is 0 Å². The van der Waals surface area contributed by atoms with Crippen molar-refractivity contribution in [3.8, 4) is 23.0 Å². The molecule has 1 aromatic carbocycles. The second-order valence-electron chi connectivity index (χ2n) is 4.80. The van der Waals surface area contributed by atoms with Gasteiger partial charge in [-0.3, -0.25) is 10.1 Å². The predicted octanol–water partition coefficient (Wildman–Crippen LogP) is 1.69. The van der Waals surface area contributed by atoms with Gasteiger partial charge in [0.15, 0.2) is 0 Å². The van der Waals surface area contributed by atoms with E-state index in [0.29, 0.717) is 17.1 Å². The largest absolute Gasteiger partial charge is 0.497 e. The molecule has 1 aromatic heterocycles. The number of nitrogens with zero attached hydrogens (tertiary/aromatic N) is 2. The third kappa shape index (κ3) is 4.86. The summed E-state index contributed by atoms with van der Waals surface area (Å²) in [5, 5.41) is 12.0. The fourth-order valence-corrected chi connectivity index (χ4v) is 2.47. The molecular formula is C15H18N4O5S. The van der Waals surface area contributed by atoms with Crippen LogP contribution in [0.15, 0.2) is 27.8 Å². The number of thioether (sulfide) groups is 1. The van der Waals surface area contributed by atoms with Gasteiger partial charge in [-0.15, -0.1) is 10.2 Å². The van der Waals surface area contributed by atoms with Crippen LogP contribution in [0.5, 0.6) is 11.5 Å². The van der Waals surface area contributed by atoms with Crippen molar-refractivity contribution in [1.29, 1.82) is 0 Å². The lowest BCUT2D eigenvalue weighted by Crippen LogP contribution is -2.41. The van der Waals surface area contributed by atoms with E-state index >= 15 is 0 Å². The van der Waals surface area contributed by atoms with Gasteiger partial charge in [-0.1, -0.05) is 11.8 Å². The maximum Gasteiger partial charge on any atom is 0.321 e. The Hall–Kier alpha value is -2.75. The maximum atomic E-state index is 11.8. The van der Waals surface area contributed by atoms with E-state index in [0.717, 1.165) is 11.8 Å². The monoisotopic (exact) mass is 366 g/mol. The molecule has 134 valence electrons. The molecule has 0 saturated carbocycles. The highest BCUT2D eigenvalue weighted by molar-refractivity contribution is 8.00. The molecule has 0 aliphatic rings. The van der Waals surface area contributed by atoms with Crippen LogP contribution in [0, 0.1) is 0 Å². The molecule has 25 heavy (non-hydrogen) atoms. The molecule has 0 aliphatic heterocycles. The van der Waals surface area contributed by atoms with Crippen LogP contribution in [0.4, 0.5) is 4.79 Å². The molecular weight excluding hydrogens is 348 g/mol. The number of rotatable bonds is 6. The second kappa shape index (κ2) is 8.38. The molecule has 0 bridgehead atoms. The molecule has 2 rings (SSSR count). The fourth-order valence-electron chi connectivity index (χ4n) is 1.79. The molecule has 0 saturated heterocycles. The molecule has 0 spiro atoms. The van der Waals surface area contributed by atoms with Gasteiger partial charge in [-0.25, -0.2) is 4.79 Å². The van der Waals surface area contributed by atoms with Crippen molar-refractivity contribution in [2.24, 2.45) is 0 Å². The number of hydrogen-bond donors (Lipinski definition) is 2. The van der Waals surface area contributed by atoms with Crippen LogP contribution in [-0.2, 0) is 4.79 Å². The molecule has 3 amide bonds. The molecule has 0 unspecified atom stereocenters. The third-order valence-corrected chi connectivity index (χ3v) is 4.05. The van der Waals surface area contributed by atoms with Gasteiger partial charge in [0.05, 0.1) is 19.5 Å². The van der Waals surface area contributed by atoms with E-state index in [4.69, 9.17) is 13.9 Å². The van der Waals surface area contributed by atoms with Gasteiger partial charge in [0.2, 0.25) is 11.8 Å². The minimum absolute atomic E-state index is 0.205. The fraction of sp³-hybridized carbons (Fsp3) is 0.333. The highest BCUT2D eigenvalue weighted by Gasteiger charge is 2.20. The summed E-state index contributed by atoms with van der Waals surface area (Å²) in [6.45, 7) is 1.63. The molecule has 2 N–H and O–H groups in total. The summed E-state index contributed by atoms with van der Waals surface area (Å²) in [6, 6.07) is 4.60. The number of nitrogens with one attached hydrogen (secondary N) is 2. The van der Waals surface area contributed by atoms with Crippen molar-refractivity contribution in [3.05, 3.63) is 18.2 Å². The van der Waals surface area contributed by atoms with Crippen LogP contribution in [0.1, 0.15) is 6.92 Å². The highest BCUT2D eigenvalue weighted by atomic mass is 32.2. The number of urea groups is 1. The lowest BCUT2D eigenvalue weighted by Gasteiger charge is -2.08. The number of hydrogen-bond acceptors (Lipinski definition) is 8. The van der Waals surface area contributed by atoms with Crippen LogP contribution in [0.3, 0.4) is 0 Å². The summed E-state index contributed by atoms with van der Waals surface area (Å²) in [6.07, 6.45) is 0. The van der Waals surface area contributed by atoms with Crippen molar-refractivity contribution in [2.45, 2.75) is 17.4 Å². The maximum absolute atomic E-state index is 11.8. The Balaban J connectivity index is 2.12. The third-order valence-electron chi connectivity index (χ3n) is 3.12. The SMILES string of the molecule is CNC(=O)NC(=O)[C@@H](C)Sc1nnc(-c2cc(OC)cc(OC)c2)o1. The van der Waals surface area contributed by atoms with E-state index in [1.54, 1.807) is 39.3 Å². The number of benzene rings is 1. The van der Waals surface area contributed by atoms with Gasteiger partial charge in [-0.05, 0) is 19.1 Å². The molecule has 1 atom stereocenters. The van der Waals surface area contributed by atoms with E-state index in [9.17, 15) is 9.59 Å². The van der Waals surface area contributed by atoms with Crippen LogP contribution >= 0.6 is 11.8 Å². The minimum Gasteiger partial charge on any atom is -0.497 e. The van der Waals surface area contributed by atoms with Gasteiger partial charge in [0, 0.05) is 18.7 Å². The van der Waals surface area contributed by atoms with Gasteiger partial charge < -0.3 is 19.2 Å². The number of methoxy groups -OCH3 is 2. The molecule has 1 heterocycles. The smallest absolute Gasteiger partial charge is 0.321 e. The number of carbonyl (C=O) groups is 2. The zero-order valence-corrected chi connectivity index (χ0v) is 15.0. The molecule has 9 nitrogen and oxygen atoms in total. The average Bonchev–Trinajstić information content (AvgIpc) is 3.09. The Labute approximate surface area is 148 Å². The summed E-state index contributed by atoms with van der Waals surface area (Å²) in [5.41, 5.74) is 0.623. The van der Waals surface area contributed by atoms with E-state index in [-0.39, 0.29) is 11.1 Å². The lowest BCUT2D eigenvalue weighted by molar-refractivity contribution is -0.119. The van der Waals surface area contributed by atoms with Crippen LogP contribution in [0.25, 0.3) is 11.5 Å². The van der Waals surface area contributed by atoms with E-state index in [2.05, 4.69) is 20.8 Å². The second-order valence-corrected chi connectivity index (χ2v) is 6.09. The molecule has 0 radical (unpaired) electrons. The normalized spacial score (nSPS) is 11.5. The standard InChI is InChI=1S/C15H18N4O5S/c1-8(12(20)17-14(21)16-2)25-15-19-18-13(24-15)9-5-10(22-3)7-11(6-9)23-4/h5-8H,1-4H3,(H2,16,17,20,21)/t8-/m1/s1. The predicted molar refractivity (Wildman–Crippen MR) is 90.8 cm³/mol. The summed E-state index contributed by atoms with van der Waals surface area (Å²) < 4.78 is 16.0. The highest BCUT2D eigenvalue weighted by Crippen LogP contribution is 2.31. The number of carbonyl (C=O) groups excluding carboxylic acids is 2. The van der Waals surface area contributed by atoms with Crippen LogP contribution in [-0.4, -0.2) is 48.7 Å². The summed E-state index contributed by atoms with van der Waals surface area (Å²) in [5.74, 6) is 0.964. The summed E-state index contributed by atoms with van der Waals surface area (Å²) in [7, 11) is 4.51. The first-order valence-electron chi connectivity index (χ1n) is 7.23. The van der Waals surface area contributed by atoms with E-state index < -0.39 is 17.2 Å². The summed E-state index contributed by atoms with van der Waals surface area (Å²) >= 11 is 1.04. The quantitative estimate of drug-likeness (QED) is 0.742. The van der Waals surface area contributed by atoms with Crippen LogP contribution < -0.4 is 20.1 Å². The number of amides is 3. The lowest BCUT2D eigenvalue weighted by atomic mass is 10.2. The number of imide groups is 1. The minimum atomic E-state index is -0.592. The first-order chi connectivity index (χ1) is 12.0. The van der Waals surface area contributed by atoms with E-state index in [1.165, 1.54) is 7.05 Å². The number of aromatic nitrogens is 2. The Bertz CT molecular complexity index is 742. The van der Waals surface area contributed by atoms with Crippen molar-refractivity contribution >= 4 is 23.7 Å². The first-order valence-corrected chi connectivity index (χ1v) is 8.11. The van der Waals surface area contributed by atoms with Gasteiger partial charge in [0.1, 0.15) is 11.5 Å². The zero-order chi connectivity index (χ0) is 18.4. The van der Waals surface area contributed by atoms with Gasteiger partial charge in [0.25, 0.3) is 5.22 Å². The van der Waals surface area contributed by atoms with Crippen molar-refractivity contribution < 1.29 is 23.5 Å². The summed E-state index contributed by atoms with van der Waals surface area (Å²) in [4.78, 5) is 23.0. The Morgan fingerprint density at radius 1 is 1.16 bits per heavy atom. The van der Waals surface area contributed by atoms with Crippen molar-refractivity contribution in [1.82, 2.24) is 20.8 Å².